The molecular weight excluding hydrogens is 523 g/mol. The summed E-state index contributed by atoms with van der Waals surface area (Å²) in [6, 6.07) is 12.6. The van der Waals surface area contributed by atoms with E-state index in [0.717, 1.165) is 56.7 Å². The number of carbonyl (C=O) groups is 1. The fraction of sp³-hybridized carbons (Fsp3) is 0.571. The zero-order valence-electron chi connectivity index (χ0n) is 26.1. The molecule has 2 aliphatic rings. The standard InChI is InChI=1S/C28H44BN2O2.C7H6O2/c1-20-17-27(32-4)26(25-10-13-30-28(20)25)19-31-14-11-24(12-15-31)33-16-6-7-22(3)29-18-21(2)23-8-5-9-23;8-7(9)6-4-2-1-3-5-6/h10,13,17,21-24,30H,5-9,11-12,14-16,18-19H2,1-4H3;1-5H,(H,8,9). The highest BCUT2D eigenvalue weighted by Gasteiger charge is 2.24. The summed E-state index contributed by atoms with van der Waals surface area (Å²) in [5, 5.41) is 9.67. The zero-order valence-corrected chi connectivity index (χ0v) is 26.1. The summed E-state index contributed by atoms with van der Waals surface area (Å²) in [4.78, 5) is 16.1. The molecule has 6 nitrogen and oxygen atoms in total. The molecule has 2 atom stereocenters. The maximum absolute atomic E-state index is 10.2. The third-order valence-corrected chi connectivity index (χ3v) is 9.29. The van der Waals surface area contributed by atoms with Crippen molar-refractivity contribution in [3.05, 3.63) is 65.4 Å². The van der Waals surface area contributed by atoms with Gasteiger partial charge < -0.3 is 19.6 Å². The van der Waals surface area contributed by atoms with Crippen molar-refractivity contribution in [1.82, 2.24) is 9.88 Å². The molecule has 1 saturated carbocycles. The lowest BCUT2D eigenvalue weighted by molar-refractivity contribution is 0.00435. The average molecular weight is 574 g/mol. The van der Waals surface area contributed by atoms with Crippen LogP contribution in [0.5, 0.6) is 5.75 Å². The number of nitrogens with zero attached hydrogens (tertiary/aromatic N) is 1. The molecule has 1 aromatic heterocycles. The van der Waals surface area contributed by atoms with E-state index in [0.29, 0.717) is 17.5 Å². The summed E-state index contributed by atoms with van der Waals surface area (Å²) in [6.07, 6.45) is 12.8. The number of hydrogen-bond acceptors (Lipinski definition) is 4. The Hall–Kier alpha value is -2.77. The number of rotatable bonds is 13. The van der Waals surface area contributed by atoms with Gasteiger partial charge in [0.25, 0.3) is 0 Å². The average Bonchev–Trinajstić information content (AvgIpc) is 3.47. The molecule has 1 radical (unpaired) electrons. The molecule has 1 aliphatic heterocycles. The normalized spacial score (nSPS) is 17.6. The van der Waals surface area contributed by atoms with Gasteiger partial charge >= 0.3 is 5.97 Å². The Balaban J connectivity index is 0.000000385. The molecular formula is C35H50BN2O4. The lowest BCUT2D eigenvalue weighted by atomic mass is 9.56. The molecule has 2 unspecified atom stereocenters. The van der Waals surface area contributed by atoms with Gasteiger partial charge in [0.2, 0.25) is 0 Å². The van der Waals surface area contributed by atoms with Crippen LogP contribution in [0.2, 0.25) is 12.1 Å². The van der Waals surface area contributed by atoms with Crippen molar-refractivity contribution in [2.75, 3.05) is 26.8 Å². The number of carboxylic acids is 1. The number of piperidine rings is 1. The Morgan fingerprint density at radius 2 is 1.86 bits per heavy atom. The summed E-state index contributed by atoms with van der Waals surface area (Å²) in [7, 11) is 4.35. The molecule has 2 heterocycles. The minimum Gasteiger partial charge on any atom is -0.496 e. The van der Waals surface area contributed by atoms with E-state index in [1.54, 1.807) is 37.4 Å². The number of ether oxygens (including phenoxy) is 2. The van der Waals surface area contributed by atoms with Crippen LogP contribution in [0, 0.1) is 18.8 Å². The first-order chi connectivity index (χ1) is 20.4. The van der Waals surface area contributed by atoms with Crippen LogP contribution in [-0.2, 0) is 11.3 Å². The van der Waals surface area contributed by atoms with Gasteiger partial charge in [-0.05, 0) is 67.9 Å². The molecule has 42 heavy (non-hydrogen) atoms. The quantitative estimate of drug-likeness (QED) is 0.160. The third kappa shape index (κ3) is 9.12. The third-order valence-electron chi connectivity index (χ3n) is 9.29. The number of nitrogens with one attached hydrogen (secondary N) is 1. The molecule has 5 rings (SSSR count). The number of methoxy groups -OCH3 is 1. The van der Waals surface area contributed by atoms with Gasteiger partial charge in [-0.3, -0.25) is 4.90 Å². The van der Waals surface area contributed by atoms with Crippen LogP contribution in [0.1, 0.15) is 80.3 Å². The van der Waals surface area contributed by atoms with Gasteiger partial charge in [-0.2, -0.15) is 0 Å². The van der Waals surface area contributed by atoms with Crippen LogP contribution in [-0.4, -0.2) is 61.1 Å². The highest BCUT2D eigenvalue weighted by Crippen LogP contribution is 2.36. The van der Waals surface area contributed by atoms with Crippen LogP contribution in [0.15, 0.2) is 48.7 Å². The van der Waals surface area contributed by atoms with E-state index in [1.165, 1.54) is 60.5 Å². The minimum atomic E-state index is -0.879. The smallest absolute Gasteiger partial charge is 0.335 e. The number of likely N-dealkylation sites (tertiary alicyclic amines) is 1. The van der Waals surface area contributed by atoms with E-state index < -0.39 is 5.97 Å². The molecule has 0 spiro atoms. The number of hydrogen-bond donors (Lipinski definition) is 2. The monoisotopic (exact) mass is 573 g/mol. The van der Waals surface area contributed by atoms with Crippen molar-refractivity contribution in [1.29, 1.82) is 0 Å². The number of benzene rings is 2. The lowest BCUT2D eigenvalue weighted by Crippen LogP contribution is -2.36. The molecule has 227 valence electrons. The Bertz CT molecular complexity index is 1230. The second kappa shape index (κ2) is 16.2. The number of aromatic amines is 1. The van der Waals surface area contributed by atoms with Gasteiger partial charge in [-0.25, -0.2) is 4.79 Å². The maximum Gasteiger partial charge on any atom is 0.335 e. The zero-order chi connectivity index (χ0) is 29.9. The van der Waals surface area contributed by atoms with Crippen molar-refractivity contribution in [2.24, 2.45) is 11.8 Å². The summed E-state index contributed by atoms with van der Waals surface area (Å²) in [6.45, 7) is 11.0. The Morgan fingerprint density at radius 3 is 2.48 bits per heavy atom. The topological polar surface area (TPSA) is 74.8 Å². The minimum absolute atomic E-state index is 0.331. The van der Waals surface area contributed by atoms with Gasteiger partial charge in [0.05, 0.1) is 18.8 Å². The number of carboxylic acid groups (broad SMARTS) is 1. The largest absolute Gasteiger partial charge is 0.496 e. The first kappa shape index (κ1) is 32.2. The highest BCUT2D eigenvalue weighted by molar-refractivity contribution is 6.37. The van der Waals surface area contributed by atoms with E-state index in [-0.39, 0.29) is 0 Å². The van der Waals surface area contributed by atoms with E-state index in [2.05, 4.69) is 50.1 Å². The fourth-order valence-corrected chi connectivity index (χ4v) is 6.24. The maximum atomic E-state index is 10.2. The van der Waals surface area contributed by atoms with Crippen molar-refractivity contribution in [2.45, 2.75) is 90.5 Å². The van der Waals surface area contributed by atoms with Crippen LogP contribution in [0.3, 0.4) is 0 Å². The van der Waals surface area contributed by atoms with E-state index >= 15 is 0 Å². The molecule has 2 N–H and O–H groups in total. The summed E-state index contributed by atoms with van der Waals surface area (Å²) in [5.41, 5.74) is 4.10. The number of fused-ring (bicyclic) bond motifs is 1. The van der Waals surface area contributed by atoms with E-state index in [9.17, 15) is 4.79 Å². The van der Waals surface area contributed by atoms with Crippen LogP contribution >= 0.6 is 0 Å². The van der Waals surface area contributed by atoms with Crippen molar-refractivity contribution < 1.29 is 19.4 Å². The number of aromatic nitrogens is 1. The first-order valence-corrected chi connectivity index (χ1v) is 15.9. The summed E-state index contributed by atoms with van der Waals surface area (Å²) in [5.74, 6) is 2.73. The predicted molar refractivity (Wildman–Crippen MR) is 173 cm³/mol. The fourth-order valence-electron chi connectivity index (χ4n) is 6.24. The van der Waals surface area contributed by atoms with Crippen molar-refractivity contribution >= 4 is 24.2 Å². The van der Waals surface area contributed by atoms with Crippen LogP contribution in [0.25, 0.3) is 10.9 Å². The van der Waals surface area contributed by atoms with E-state index in [1.807, 2.05) is 6.20 Å². The number of H-pyrrole nitrogens is 1. The summed E-state index contributed by atoms with van der Waals surface area (Å²) >= 11 is 0. The van der Waals surface area contributed by atoms with Gasteiger partial charge in [-0.15, -0.1) is 0 Å². The van der Waals surface area contributed by atoms with Crippen LogP contribution < -0.4 is 4.74 Å². The highest BCUT2D eigenvalue weighted by atomic mass is 16.5. The van der Waals surface area contributed by atoms with Gasteiger partial charge in [0.1, 0.15) is 13.0 Å². The predicted octanol–water partition coefficient (Wildman–Crippen LogP) is 8.00. The summed E-state index contributed by atoms with van der Waals surface area (Å²) < 4.78 is 12.0. The number of aryl methyl sites for hydroxylation is 1. The second-order valence-electron chi connectivity index (χ2n) is 12.4. The Morgan fingerprint density at radius 1 is 1.12 bits per heavy atom. The van der Waals surface area contributed by atoms with Crippen molar-refractivity contribution in [3.63, 3.8) is 0 Å². The second-order valence-corrected chi connectivity index (χ2v) is 12.4. The van der Waals surface area contributed by atoms with Crippen molar-refractivity contribution in [3.8, 4) is 5.75 Å². The van der Waals surface area contributed by atoms with Gasteiger partial charge in [0.15, 0.2) is 0 Å². The molecule has 1 saturated heterocycles. The van der Waals surface area contributed by atoms with Gasteiger partial charge in [-0.1, -0.05) is 69.9 Å². The lowest BCUT2D eigenvalue weighted by Gasteiger charge is -2.32. The Kier molecular flexibility index (Phi) is 12.4. The number of aromatic carboxylic acids is 1. The molecule has 3 aromatic rings. The molecule has 7 heteroatoms. The SMILES string of the molecule is COc1cc(C)c2[nH]ccc2c1CN1CCC(OCCCC(C)[B]CC(C)C2CCC2)CC1.O=C(O)c1ccccc1. The molecule has 0 bridgehead atoms. The molecule has 1 aliphatic carbocycles. The van der Waals surface area contributed by atoms with E-state index in [4.69, 9.17) is 14.6 Å². The van der Waals surface area contributed by atoms with Crippen LogP contribution in [0.4, 0.5) is 0 Å². The molecule has 2 aromatic carbocycles. The molecule has 2 fully saturated rings. The van der Waals surface area contributed by atoms with Gasteiger partial charge in [0, 0.05) is 48.9 Å². The molecule has 0 amide bonds. The Labute approximate surface area is 253 Å². The first-order valence-electron chi connectivity index (χ1n) is 15.9.